The SMILES string of the molecule is CCO[C@@H]1C[C@H]2C(=O)N[C@@]3(C)C/C=C\CCCC[C@@H](C(=O)N[C@@H]([C@@H](C)CC)C(=O)N(C)CC(=O)N(C)[C@H]4CCCCCN(C4=O)[C@@H](Cc4ccc(C(F)(F)F)cc4)C(=O)N(C)CC(=O)N[C@H](CCc4cc(F)c(C(F)(F)F)c(F)c4)C(=O)N2C1)N(C)C(=O)C[C@@H](C(=O)N1CCOCC1)N(C)C(=O)[C@H](C1CCCC1)N(C)C3=O. The van der Waals surface area contributed by atoms with E-state index in [-0.39, 0.29) is 90.1 Å². The number of morpholine rings is 1. The summed E-state index contributed by atoms with van der Waals surface area (Å²) in [5.74, 6) is -15.2. The molecule has 112 heavy (non-hydrogen) atoms. The number of ether oxygens (including phenoxy) is 2. The van der Waals surface area contributed by atoms with E-state index in [1.165, 1.54) is 61.8 Å². The molecule has 34 heteroatoms. The highest BCUT2D eigenvalue weighted by Crippen LogP contribution is 2.37. The van der Waals surface area contributed by atoms with E-state index in [0.717, 1.165) is 55.8 Å². The number of rotatable bonds is 11. The Morgan fingerprint density at radius 2 is 1.25 bits per heavy atom. The molecular weight excluding hydrogens is 1480 g/mol. The fourth-order valence-electron chi connectivity index (χ4n) is 16.0. The van der Waals surface area contributed by atoms with E-state index in [1.54, 1.807) is 32.9 Å². The number of hydrogen-bond donors (Lipinski definition) is 3. The van der Waals surface area contributed by atoms with Gasteiger partial charge in [0.05, 0.1) is 44.4 Å². The van der Waals surface area contributed by atoms with E-state index >= 15 is 51.9 Å². The van der Waals surface area contributed by atoms with Crippen molar-refractivity contribution in [2.24, 2.45) is 11.8 Å². The highest BCUT2D eigenvalue weighted by Gasteiger charge is 2.51. The van der Waals surface area contributed by atoms with Crippen LogP contribution in [0, 0.1) is 23.5 Å². The Balaban J connectivity index is 1.28. The number of aryl methyl sites for hydroxylation is 1. The van der Waals surface area contributed by atoms with Crippen LogP contribution in [0.1, 0.15) is 159 Å². The van der Waals surface area contributed by atoms with Gasteiger partial charge in [-0.25, -0.2) is 8.78 Å². The van der Waals surface area contributed by atoms with Crippen molar-refractivity contribution in [1.82, 2.24) is 60.0 Å². The summed E-state index contributed by atoms with van der Waals surface area (Å²) >= 11 is 0. The Kier molecular flexibility index (Phi) is 30.7. The number of halogens is 8. The molecule has 12 amide bonds. The molecule has 4 bridgehead atoms. The smallest absolute Gasteiger partial charge is 0.378 e. The van der Waals surface area contributed by atoms with E-state index < -0.39 is 222 Å². The molecule has 620 valence electrons. The number of allylic oxidation sites excluding steroid dienone is 1. The van der Waals surface area contributed by atoms with Gasteiger partial charge in [0.15, 0.2) is 0 Å². The van der Waals surface area contributed by atoms with Gasteiger partial charge in [-0.05, 0) is 125 Å². The normalized spacial score (nSPS) is 27.7. The molecule has 11 atom stereocenters. The van der Waals surface area contributed by atoms with Crippen LogP contribution in [0.4, 0.5) is 35.1 Å². The largest absolute Gasteiger partial charge is 0.422 e. The average molecular weight is 1590 g/mol. The zero-order valence-electron chi connectivity index (χ0n) is 65.5. The first-order chi connectivity index (χ1) is 52.8. The van der Waals surface area contributed by atoms with E-state index in [0.29, 0.717) is 69.9 Å². The molecule has 8 rings (SSSR count). The van der Waals surface area contributed by atoms with E-state index in [1.807, 2.05) is 0 Å². The van der Waals surface area contributed by atoms with Gasteiger partial charge in [0, 0.05) is 87.9 Å². The van der Waals surface area contributed by atoms with E-state index in [4.69, 9.17) is 9.47 Å². The molecule has 0 aromatic heterocycles. The summed E-state index contributed by atoms with van der Waals surface area (Å²) in [5.41, 5.74) is -5.52. The van der Waals surface area contributed by atoms with Gasteiger partial charge in [-0.3, -0.25) is 57.5 Å². The zero-order chi connectivity index (χ0) is 82.4. The first-order valence-electron chi connectivity index (χ1n) is 38.7. The lowest BCUT2D eigenvalue weighted by molar-refractivity contribution is -0.157. The Hall–Kier alpha value is -8.82. The second-order valence-electron chi connectivity index (χ2n) is 30.8. The molecule has 2 aromatic carbocycles. The van der Waals surface area contributed by atoms with Crippen LogP contribution < -0.4 is 16.0 Å². The molecule has 4 fully saturated rings. The van der Waals surface area contributed by atoms with Crippen LogP contribution in [0.5, 0.6) is 0 Å². The number of hydrogen-bond acceptors (Lipinski definition) is 14. The third kappa shape index (κ3) is 21.7. The Morgan fingerprint density at radius 1 is 0.634 bits per heavy atom. The van der Waals surface area contributed by atoms with E-state index in [2.05, 4.69) is 16.0 Å². The van der Waals surface area contributed by atoms with Crippen LogP contribution >= 0.6 is 0 Å². The lowest BCUT2D eigenvalue weighted by Gasteiger charge is -2.42. The van der Waals surface area contributed by atoms with Gasteiger partial charge in [0.1, 0.15) is 71.1 Å². The van der Waals surface area contributed by atoms with Gasteiger partial charge in [-0.2, -0.15) is 26.3 Å². The van der Waals surface area contributed by atoms with Crippen molar-refractivity contribution in [2.45, 2.75) is 222 Å². The van der Waals surface area contributed by atoms with Gasteiger partial charge < -0.3 is 69.5 Å². The summed E-state index contributed by atoms with van der Waals surface area (Å²) in [7, 11) is 7.93. The Labute approximate surface area is 648 Å². The average Bonchev–Trinajstić information content (AvgIpc) is 1.40. The van der Waals surface area contributed by atoms with Crippen molar-refractivity contribution in [3.8, 4) is 0 Å². The Morgan fingerprint density at radius 3 is 1.88 bits per heavy atom. The van der Waals surface area contributed by atoms with Crippen molar-refractivity contribution < 1.29 is 102 Å². The monoisotopic (exact) mass is 1590 g/mol. The van der Waals surface area contributed by atoms with Crippen molar-refractivity contribution in [3.05, 3.63) is 82.4 Å². The van der Waals surface area contributed by atoms with Crippen LogP contribution in [-0.2, 0) is 92.2 Å². The lowest BCUT2D eigenvalue weighted by atomic mass is 9.89. The predicted octanol–water partition coefficient (Wildman–Crippen LogP) is 6.04. The van der Waals surface area contributed by atoms with Crippen LogP contribution in [0.25, 0.3) is 0 Å². The summed E-state index contributed by atoms with van der Waals surface area (Å²) < 4.78 is 126. The van der Waals surface area contributed by atoms with Gasteiger partial charge in [-0.1, -0.05) is 76.7 Å². The number of fused-ring (bicyclic) bond motifs is 10. The first-order valence-corrected chi connectivity index (χ1v) is 38.7. The van der Waals surface area contributed by atoms with Gasteiger partial charge in [0.25, 0.3) is 0 Å². The van der Waals surface area contributed by atoms with Crippen molar-refractivity contribution in [3.63, 3.8) is 0 Å². The predicted molar refractivity (Wildman–Crippen MR) is 392 cm³/mol. The zero-order valence-corrected chi connectivity index (χ0v) is 65.5. The summed E-state index contributed by atoms with van der Waals surface area (Å²) in [5, 5.41) is 8.36. The van der Waals surface area contributed by atoms with Gasteiger partial charge in [0.2, 0.25) is 70.9 Å². The highest BCUT2D eigenvalue weighted by molar-refractivity contribution is 6.01. The summed E-state index contributed by atoms with van der Waals surface area (Å²) in [4.78, 5) is 194. The molecule has 5 heterocycles. The standard InChI is InChI=1S/C78H108F8N12O14/c1-11-47(3)65-73(108)91(6)46-63(101)93(8)57-26-18-16-22-34-97(72(57)107)60(41-48-27-30-51(31-28-48)77(81,82)83)70(105)90(5)45-61(99)87-55(32-29-49-39-53(79)64(54(80)40-49)78(84,85)86)69(104)98-44-52(112-12-2)42-58(98)68(103)89-76(4)33-21-15-13-14-17-25-56(67(102)88-65)92(7)62(100)43-59(71(106)96-35-37-111-38-36-96)94(9)74(109)66(95(10)75(76)110)50-23-19-20-24-50/h15,21,27-28,30-31,39-40,47,50,52,55-60,65-66H,11-14,16-20,22-26,29,32-38,41-46H2,1-10H3,(H,87,99)(H,88,102)(H,89,103)/b21-15-/t47-,52+,55+,56-,57-,58-,59-,60-,65-,66-,76-/m0/s1. The third-order valence-corrected chi connectivity index (χ3v) is 22.9. The van der Waals surface area contributed by atoms with Crippen molar-refractivity contribution >= 4 is 70.9 Å². The first kappa shape index (κ1) is 88.7. The number of amides is 12. The fraction of sp³-hybridized carbons (Fsp3) is 0.667. The second-order valence-corrected chi connectivity index (χ2v) is 30.8. The molecule has 2 aromatic rings. The van der Waals surface area contributed by atoms with E-state index in [9.17, 15) is 40.7 Å². The molecule has 1 saturated carbocycles. The quantitative estimate of drug-likeness (QED) is 0.171. The molecule has 3 N–H and O–H groups in total. The maximum atomic E-state index is 15.9. The molecule has 0 unspecified atom stereocenters. The van der Waals surface area contributed by atoms with Gasteiger partial charge >= 0.3 is 12.4 Å². The van der Waals surface area contributed by atoms with Crippen LogP contribution in [0.2, 0.25) is 0 Å². The minimum absolute atomic E-state index is 0.0145. The summed E-state index contributed by atoms with van der Waals surface area (Å²) in [6.45, 7) is 4.88. The van der Waals surface area contributed by atoms with Crippen molar-refractivity contribution in [1.29, 1.82) is 0 Å². The third-order valence-electron chi connectivity index (χ3n) is 22.9. The number of carbonyl (C=O) groups excluding carboxylic acids is 12. The topological polar surface area (TPSA) is 289 Å². The lowest BCUT2D eigenvalue weighted by Crippen LogP contribution is -2.65. The maximum Gasteiger partial charge on any atom is 0.422 e. The fourth-order valence-corrected chi connectivity index (χ4v) is 16.0. The minimum atomic E-state index is -5.47. The number of likely N-dealkylation sites (N-methyl/N-ethyl adjacent to an activating group) is 6. The minimum Gasteiger partial charge on any atom is -0.378 e. The molecule has 3 saturated heterocycles. The maximum absolute atomic E-state index is 15.9. The Bertz CT molecular complexity index is 3740. The number of carbonyl (C=O) groups is 12. The van der Waals surface area contributed by atoms with Crippen LogP contribution in [-0.4, -0.2) is 276 Å². The molecule has 0 radical (unpaired) electrons. The van der Waals surface area contributed by atoms with Crippen LogP contribution in [0.15, 0.2) is 48.6 Å². The number of nitrogens with zero attached hydrogens (tertiary/aromatic N) is 9. The molecule has 6 aliphatic rings. The number of nitrogens with one attached hydrogen (secondary N) is 3. The molecule has 5 aliphatic heterocycles. The molecule has 0 spiro atoms. The molecular formula is C78H108F8N12O14. The number of alkyl halides is 6. The summed E-state index contributed by atoms with van der Waals surface area (Å²) in [6.07, 6.45) is -6.24. The van der Waals surface area contributed by atoms with Gasteiger partial charge in [-0.15, -0.1) is 0 Å². The summed E-state index contributed by atoms with van der Waals surface area (Å²) in [6, 6.07) is -7.35. The highest BCUT2D eigenvalue weighted by atomic mass is 19.4. The van der Waals surface area contributed by atoms with Crippen molar-refractivity contribution in [2.75, 3.05) is 101 Å². The number of benzene rings is 2. The van der Waals surface area contributed by atoms with Crippen LogP contribution in [0.3, 0.4) is 0 Å². The molecule has 26 nitrogen and oxygen atoms in total. The second kappa shape index (κ2) is 38.8. The molecule has 1 aliphatic carbocycles.